The molecule has 0 saturated carbocycles. The van der Waals surface area contributed by atoms with E-state index >= 15 is 0 Å². The van der Waals surface area contributed by atoms with Crippen molar-refractivity contribution in [3.8, 4) is 0 Å². The molecule has 0 N–H and O–H groups in total. The molecule has 0 bridgehead atoms. The fourth-order valence-electron chi connectivity index (χ4n) is 1.96. The molecule has 1 aromatic carbocycles. The summed E-state index contributed by atoms with van der Waals surface area (Å²) in [5.74, 6) is 0. The minimum atomic E-state index is 1.04. The van der Waals surface area contributed by atoms with Gasteiger partial charge in [-0.1, -0.05) is 36.4 Å². The molecule has 1 nitrogen and oxygen atoms in total. The molecule has 1 heteroatoms. The third-order valence-electron chi connectivity index (χ3n) is 2.64. The van der Waals surface area contributed by atoms with Crippen molar-refractivity contribution in [3.63, 3.8) is 0 Å². The molecule has 0 aliphatic carbocycles. The Balaban J connectivity index is 2.20. The van der Waals surface area contributed by atoms with Gasteiger partial charge in [-0.3, -0.25) is 0 Å². The second kappa shape index (κ2) is 2.88. The first-order chi connectivity index (χ1) is 6.95. The topological polar surface area (TPSA) is 3.24 Å². The van der Waals surface area contributed by atoms with Gasteiger partial charge in [0.25, 0.3) is 0 Å². The van der Waals surface area contributed by atoms with Crippen LogP contribution in [-0.4, -0.2) is 4.90 Å². The summed E-state index contributed by atoms with van der Waals surface area (Å²) < 4.78 is 0. The summed E-state index contributed by atoms with van der Waals surface area (Å²) in [6.45, 7) is 0. The maximum atomic E-state index is 2.27. The molecular formula is C13H11N. The van der Waals surface area contributed by atoms with E-state index in [1.807, 2.05) is 0 Å². The Bertz CT molecular complexity index is 452. The molecule has 0 spiro atoms. The highest BCUT2D eigenvalue weighted by Gasteiger charge is 2.15. The van der Waals surface area contributed by atoms with Crippen LogP contribution in [0.3, 0.4) is 0 Å². The van der Waals surface area contributed by atoms with E-state index in [1.165, 1.54) is 16.8 Å². The minimum Gasteiger partial charge on any atom is -0.324 e. The second-order valence-corrected chi connectivity index (χ2v) is 3.52. The molecule has 0 aromatic heterocycles. The summed E-state index contributed by atoms with van der Waals surface area (Å²) in [6.07, 6.45) is 11.9. The van der Waals surface area contributed by atoms with Crippen molar-refractivity contribution >= 4 is 11.8 Å². The number of nitrogens with zero attached hydrogens (tertiary/aromatic N) is 1. The van der Waals surface area contributed by atoms with Crippen molar-refractivity contribution in [1.82, 2.24) is 4.90 Å². The van der Waals surface area contributed by atoms with Crippen LogP contribution in [-0.2, 0) is 0 Å². The summed E-state index contributed by atoms with van der Waals surface area (Å²) >= 11 is 0. The summed E-state index contributed by atoms with van der Waals surface area (Å²) in [6, 6.07) is 8.51. The van der Waals surface area contributed by atoms with E-state index in [-0.39, 0.29) is 0 Å². The van der Waals surface area contributed by atoms with Gasteiger partial charge < -0.3 is 4.90 Å². The van der Waals surface area contributed by atoms with Gasteiger partial charge in [0.05, 0.1) is 0 Å². The Morgan fingerprint density at radius 2 is 2.00 bits per heavy atom. The van der Waals surface area contributed by atoms with E-state index in [0.29, 0.717) is 0 Å². The maximum absolute atomic E-state index is 2.27. The van der Waals surface area contributed by atoms with Crippen LogP contribution in [0.5, 0.6) is 0 Å². The largest absolute Gasteiger partial charge is 0.324 e. The van der Waals surface area contributed by atoms with E-state index in [9.17, 15) is 0 Å². The van der Waals surface area contributed by atoms with Crippen LogP contribution in [0.4, 0.5) is 0 Å². The Hall–Kier alpha value is -1.76. The first kappa shape index (κ1) is 7.63. The zero-order chi connectivity index (χ0) is 9.38. The standard InChI is InChI=1S/C13H11N/c1-2-6-12-11(5-1)8-10-14-9-4-3-7-13(12)14/h1-2,4-10H,3H2. The maximum Gasteiger partial charge on any atom is 0.0490 e. The zero-order valence-electron chi connectivity index (χ0n) is 7.85. The predicted octanol–water partition coefficient (Wildman–Crippen LogP) is 3.23. The van der Waals surface area contributed by atoms with Gasteiger partial charge >= 0.3 is 0 Å². The monoisotopic (exact) mass is 181 g/mol. The molecular weight excluding hydrogens is 170 g/mol. The van der Waals surface area contributed by atoms with Crippen LogP contribution in [0.15, 0.2) is 48.8 Å². The minimum absolute atomic E-state index is 1.04. The van der Waals surface area contributed by atoms with Crippen LogP contribution in [0, 0.1) is 0 Å². The Labute approximate surface area is 83.7 Å². The van der Waals surface area contributed by atoms with Crippen molar-refractivity contribution in [3.05, 3.63) is 59.9 Å². The van der Waals surface area contributed by atoms with Gasteiger partial charge in [-0.2, -0.15) is 0 Å². The van der Waals surface area contributed by atoms with Gasteiger partial charge in [0.1, 0.15) is 0 Å². The molecule has 68 valence electrons. The summed E-state index contributed by atoms with van der Waals surface area (Å²) in [5, 5.41) is 0. The number of rotatable bonds is 0. The third-order valence-corrected chi connectivity index (χ3v) is 2.64. The quantitative estimate of drug-likeness (QED) is 0.594. The number of benzene rings is 1. The number of hydrogen-bond donors (Lipinski definition) is 0. The zero-order valence-corrected chi connectivity index (χ0v) is 7.85. The van der Waals surface area contributed by atoms with E-state index < -0.39 is 0 Å². The fraction of sp³-hybridized carbons (Fsp3) is 0.0769. The highest BCUT2D eigenvalue weighted by molar-refractivity contribution is 5.78. The van der Waals surface area contributed by atoms with E-state index in [4.69, 9.17) is 0 Å². The van der Waals surface area contributed by atoms with Crippen LogP contribution in [0.25, 0.3) is 11.8 Å². The van der Waals surface area contributed by atoms with Crippen molar-refractivity contribution < 1.29 is 0 Å². The highest BCUT2D eigenvalue weighted by Crippen LogP contribution is 2.31. The van der Waals surface area contributed by atoms with Gasteiger partial charge in [0.15, 0.2) is 0 Å². The van der Waals surface area contributed by atoms with Crippen LogP contribution in [0.1, 0.15) is 17.5 Å². The average molecular weight is 181 g/mol. The van der Waals surface area contributed by atoms with Crippen LogP contribution in [0.2, 0.25) is 0 Å². The summed E-state index contributed by atoms with van der Waals surface area (Å²) in [4.78, 5) is 2.17. The molecule has 14 heavy (non-hydrogen) atoms. The summed E-state index contributed by atoms with van der Waals surface area (Å²) in [5.41, 5.74) is 3.95. The van der Waals surface area contributed by atoms with Crippen LogP contribution < -0.4 is 0 Å². The Kier molecular flexibility index (Phi) is 1.57. The second-order valence-electron chi connectivity index (χ2n) is 3.52. The normalized spacial score (nSPS) is 17.4. The third kappa shape index (κ3) is 1.02. The van der Waals surface area contributed by atoms with Crippen molar-refractivity contribution in [1.29, 1.82) is 0 Å². The fourth-order valence-corrected chi connectivity index (χ4v) is 1.96. The SMILES string of the molecule is C1=CN2C=Cc3ccccc3C2=CC1. The average Bonchev–Trinajstić information content (AvgIpc) is 2.29. The Morgan fingerprint density at radius 1 is 1.07 bits per heavy atom. The molecule has 0 fully saturated rings. The molecule has 0 amide bonds. The molecule has 0 unspecified atom stereocenters. The number of hydrogen-bond acceptors (Lipinski definition) is 1. The lowest BCUT2D eigenvalue weighted by atomic mass is 9.99. The van der Waals surface area contributed by atoms with Gasteiger partial charge in [0, 0.05) is 23.7 Å². The van der Waals surface area contributed by atoms with Gasteiger partial charge in [-0.05, 0) is 18.1 Å². The van der Waals surface area contributed by atoms with Crippen LogP contribution >= 0.6 is 0 Å². The lowest BCUT2D eigenvalue weighted by molar-refractivity contribution is 0.706. The van der Waals surface area contributed by atoms with E-state index in [2.05, 4.69) is 59.8 Å². The predicted molar refractivity (Wildman–Crippen MR) is 59.0 cm³/mol. The first-order valence-electron chi connectivity index (χ1n) is 4.88. The molecule has 2 aliphatic heterocycles. The number of fused-ring (bicyclic) bond motifs is 3. The number of allylic oxidation sites excluding steroid dienone is 2. The Morgan fingerprint density at radius 3 is 3.00 bits per heavy atom. The lowest BCUT2D eigenvalue weighted by Gasteiger charge is -2.27. The molecule has 0 saturated heterocycles. The van der Waals surface area contributed by atoms with Crippen molar-refractivity contribution in [2.24, 2.45) is 0 Å². The molecule has 2 aliphatic rings. The molecule has 1 aromatic rings. The van der Waals surface area contributed by atoms with Gasteiger partial charge in [-0.25, -0.2) is 0 Å². The van der Waals surface area contributed by atoms with Crippen molar-refractivity contribution in [2.45, 2.75) is 6.42 Å². The smallest absolute Gasteiger partial charge is 0.0490 e. The molecule has 0 atom stereocenters. The molecule has 0 radical (unpaired) electrons. The first-order valence-corrected chi connectivity index (χ1v) is 4.88. The molecule has 2 heterocycles. The highest BCUT2D eigenvalue weighted by atomic mass is 15.1. The van der Waals surface area contributed by atoms with Crippen molar-refractivity contribution in [2.75, 3.05) is 0 Å². The molecule has 3 rings (SSSR count). The lowest BCUT2D eigenvalue weighted by Crippen LogP contribution is -2.14. The van der Waals surface area contributed by atoms with Gasteiger partial charge in [-0.15, -0.1) is 0 Å². The summed E-state index contributed by atoms with van der Waals surface area (Å²) in [7, 11) is 0. The van der Waals surface area contributed by atoms with E-state index in [1.54, 1.807) is 0 Å². The van der Waals surface area contributed by atoms with E-state index in [0.717, 1.165) is 6.42 Å². The van der Waals surface area contributed by atoms with Gasteiger partial charge in [0.2, 0.25) is 0 Å².